The molecule has 1 aliphatic carbocycles. The van der Waals surface area contributed by atoms with Crippen LogP contribution in [0.15, 0.2) is 24.5 Å². The Bertz CT molecular complexity index is 574. The highest BCUT2D eigenvalue weighted by atomic mass is 16.4. The Morgan fingerprint density at radius 2 is 2.24 bits per heavy atom. The Hall–Kier alpha value is -2.24. The third-order valence-electron chi connectivity index (χ3n) is 2.75. The first kappa shape index (κ1) is 9.95. The van der Waals surface area contributed by atoms with Crippen LogP contribution in [0, 0.1) is 0 Å². The predicted molar refractivity (Wildman–Crippen MR) is 58.1 cm³/mol. The monoisotopic (exact) mass is 230 g/mol. The molecule has 0 amide bonds. The van der Waals surface area contributed by atoms with Crippen LogP contribution in [0.3, 0.4) is 0 Å². The van der Waals surface area contributed by atoms with Crippen LogP contribution in [-0.2, 0) is 0 Å². The van der Waals surface area contributed by atoms with Gasteiger partial charge in [0.1, 0.15) is 5.56 Å². The number of aromatic carboxylic acids is 1. The summed E-state index contributed by atoms with van der Waals surface area (Å²) in [7, 11) is 0. The first-order valence-electron chi connectivity index (χ1n) is 5.36. The quantitative estimate of drug-likeness (QED) is 0.857. The summed E-state index contributed by atoms with van der Waals surface area (Å²) in [4.78, 5) is 11.0. The highest BCUT2D eigenvalue weighted by Gasteiger charge is 2.26. The van der Waals surface area contributed by atoms with Gasteiger partial charge in [0.25, 0.3) is 0 Å². The van der Waals surface area contributed by atoms with Gasteiger partial charge in [0, 0.05) is 12.1 Å². The number of carbonyl (C=O) groups is 1. The first-order chi connectivity index (χ1) is 8.25. The molecule has 1 N–H and O–H groups in total. The molecule has 0 spiro atoms. The summed E-state index contributed by atoms with van der Waals surface area (Å²) in [5, 5.41) is 20.9. The number of nitrogens with zero attached hydrogens (tertiary/aromatic N) is 4. The number of hydrogen-bond donors (Lipinski definition) is 1. The number of carboxylic acids is 1. The lowest BCUT2D eigenvalue weighted by molar-refractivity contribution is 0.0696. The molecule has 0 aliphatic heterocycles. The molecule has 0 saturated heterocycles. The molecule has 3 rings (SSSR count). The van der Waals surface area contributed by atoms with Crippen molar-refractivity contribution in [2.24, 2.45) is 0 Å². The highest BCUT2D eigenvalue weighted by molar-refractivity contribution is 5.90. The van der Waals surface area contributed by atoms with E-state index in [1.54, 1.807) is 6.20 Å². The van der Waals surface area contributed by atoms with Gasteiger partial charge in [-0.1, -0.05) is 0 Å². The van der Waals surface area contributed by atoms with Crippen molar-refractivity contribution >= 4 is 5.97 Å². The summed E-state index contributed by atoms with van der Waals surface area (Å²) >= 11 is 0. The van der Waals surface area contributed by atoms with E-state index in [9.17, 15) is 4.79 Å². The van der Waals surface area contributed by atoms with Crippen LogP contribution in [0.5, 0.6) is 0 Å². The molecule has 0 atom stereocenters. The van der Waals surface area contributed by atoms with E-state index in [0.29, 0.717) is 5.92 Å². The molecule has 2 aromatic heterocycles. The van der Waals surface area contributed by atoms with E-state index in [4.69, 9.17) is 5.11 Å². The van der Waals surface area contributed by atoms with Crippen molar-refractivity contribution in [2.75, 3.05) is 0 Å². The molecule has 86 valence electrons. The van der Waals surface area contributed by atoms with Crippen molar-refractivity contribution in [2.45, 2.75) is 18.8 Å². The molecule has 1 saturated carbocycles. The molecule has 0 radical (unpaired) electrons. The Labute approximate surface area is 96.9 Å². The second kappa shape index (κ2) is 3.65. The summed E-state index contributed by atoms with van der Waals surface area (Å²) in [5.41, 5.74) is 1.09. The van der Waals surface area contributed by atoms with Gasteiger partial charge in [-0.3, -0.25) is 0 Å². The van der Waals surface area contributed by atoms with Crippen LogP contribution >= 0.6 is 0 Å². The number of carboxylic acid groups (broad SMARTS) is 1. The van der Waals surface area contributed by atoms with Crippen LogP contribution in [0.1, 0.15) is 34.8 Å². The lowest BCUT2D eigenvalue weighted by atomic mass is 10.3. The minimum Gasteiger partial charge on any atom is -0.478 e. The molecule has 6 nitrogen and oxygen atoms in total. The van der Waals surface area contributed by atoms with Crippen molar-refractivity contribution in [3.05, 3.63) is 35.8 Å². The van der Waals surface area contributed by atoms with Gasteiger partial charge >= 0.3 is 5.97 Å². The van der Waals surface area contributed by atoms with E-state index in [2.05, 4.69) is 15.3 Å². The van der Waals surface area contributed by atoms with Crippen LogP contribution < -0.4 is 0 Å². The van der Waals surface area contributed by atoms with Crippen molar-refractivity contribution in [3.63, 3.8) is 0 Å². The van der Waals surface area contributed by atoms with Gasteiger partial charge in [0.05, 0.1) is 11.9 Å². The Kier molecular flexibility index (Phi) is 2.14. The minimum atomic E-state index is -1.03. The summed E-state index contributed by atoms with van der Waals surface area (Å²) in [6, 6.07) is 3.32. The second-order valence-corrected chi connectivity index (χ2v) is 4.03. The number of rotatable bonds is 3. The summed E-state index contributed by atoms with van der Waals surface area (Å²) in [5.74, 6) is -0.244. The Balaban J connectivity index is 2.04. The lowest BCUT2D eigenvalue weighted by Crippen LogP contribution is -2.09. The molecular weight excluding hydrogens is 220 g/mol. The van der Waals surface area contributed by atoms with E-state index in [-0.39, 0.29) is 11.4 Å². The fourth-order valence-corrected chi connectivity index (χ4v) is 1.71. The maximum atomic E-state index is 11.0. The van der Waals surface area contributed by atoms with Gasteiger partial charge < -0.3 is 5.11 Å². The molecule has 0 aromatic carbocycles. The van der Waals surface area contributed by atoms with Crippen LogP contribution in [0.2, 0.25) is 0 Å². The van der Waals surface area contributed by atoms with Gasteiger partial charge in [-0.05, 0) is 25.0 Å². The molecule has 6 heteroatoms. The molecular formula is C11H10N4O2. The van der Waals surface area contributed by atoms with Gasteiger partial charge in [0.15, 0.2) is 5.82 Å². The van der Waals surface area contributed by atoms with Gasteiger partial charge in [0.2, 0.25) is 0 Å². The van der Waals surface area contributed by atoms with Crippen molar-refractivity contribution in [3.8, 4) is 5.82 Å². The maximum absolute atomic E-state index is 11.0. The minimum absolute atomic E-state index is 0.102. The number of hydrogen-bond acceptors (Lipinski definition) is 4. The zero-order chi connectivity index (χ0) is 11.8. The first-order valence-corrected chi connectivity index (χ1v) is 5.36. The summed E-state index contributed by atoms with van der Waals surface area (Å²) in [6.45, 7) is 0. The average Bonchev–Trinajstić information content (AvgIpc) is 3.07. The zero-order valence-corrected chi connectivity index (χ0v) is 8.95. The van der Waals surface area contributed by atoms with Crippen molar-refractivity contribution < 1.29 is 9.90 Å². The van der Waals surface area contributed by atoms with Crippen LogP contribution in [0.25, 0.3) is 5.82 Å². The van der Waals surface area contributed by atoms with E-state index in [1.807, 2.05) is 6.07 Å². The van der Waals surface area contributed by atoms with Crippen molar-refractivity contribution in [1.82, 2.24) is 20.0 Å². The predicted octanol–water partition coefficient (Wildman–Crippen LogP) is 1.24. The fraction of sp³-hybridized carbons (Fsp3) is 0.273. The SMILES string of the molecule is O=C(O)c1ccnnc1-n1ccc(C2CC2)n1. The van der Waals surface area contributed by atoms with E-state index >= 15 is 0 Å². The van der Waals surface area contributed by atoms with Gasteiger partial charge in [-0.25, -0.2) is 9.48 Å². The normalized spacial score (nSPS) is 14.8. The third kappa shape index (κ3) is 1.77. The molecule has 1 aliphatic rings. The van der Waals surface area contributed by atoms with E-state index < -0.39 is 5.97 Å². The standard InChI is InChI=1S/C11H10N4O2/c16-11(17)8-3-5-12-13-10(8)15-6-4-9(14-15)7-1-2-7/h3-7H,1-2H2,(H,16,17). The topological polar surface area (TPSA) is 80.9 Å². The molecule has 2 heterocycles. The highest BCUT2D eigenvalue weighted by Crippen LogP contribution is 2.39. The maximum Gasteiger partial charge on any atom is 0.339 e. The van der Waals surface area contributed by atoms with Crippen molar-refractivity contribution in [1.29, 1.82) is 0 Å². The van der Waals surface area contributed by atoms with Gasteiger partial charge in [-0.15, -0.1) is 5.10 Å². The van der Waals surface area contributed by atoms with Gasteiger partial charge in [-0.2, -0.15) is 10.2 Å². The zero-order valence-electron chi connectivity index (χ0n) is 8.95. The molecule has 17 heavy (non-hydrogen) atoms. The largest absolute Gasteiger partial charge is 0.478 e. The molecule has 0 unspecified atom stereocenters. The summed E-state index contributed by atoms with van der Waals surface area (Å²) < 4.78 is 1.48. The van der Waals surface area contributed by atoms with Crippen LogP contribution in [0.4, 0.5) is 0 Å². The van der Waals surface area contributed by atoms with E-state index in [0.717, 1.165) is 18.5 Å². The van der Waals surface area contributed by atoms with Crippen LogP contribution in [-0.4, -0.2) is 31.1 Å². The van der Waals surface area contributed by atoms with E-state index in [1.165, 1.54) is 16.9 Å². The Morgan fingerprint density at radius 1 is 1.41 bits per heavy atom. The third-order valence-corrected chi connectivity index (χ3v) is 2.75. The summed E-state index contributed by atoms with van der Waals surface area (Å²) in [6.07, 6.45) is 5.40. The molecule has 0 bridgehead atoms. The average molecular weight is 230 g/mol. The lowest BCUT2D eigenvalue weighted by Gasteiger charge is -2.02. The molecule has 2 aromatic rings. The second-order valence-electron chi connectivity index (χ2n) is 4.03. The molecule has 1 fully saturated rings. The number of aromatic nitrogens is 4. The fourth-order valence-electron chi connectivity index (χ4n) is 1.71. The Morgan fingerprint density at radius 3 is 2.94 bits per heavy atom. The smallest absolute Gasteiger partial charge is 0.339 e.